The first-order valence-corrected chi connectivity index (χ1v) is 4.58. The highest BCUT2D eigenvalue weighted by molar-refractivity contribution is 5.30. The van der Waals surface area contributed by atoms with Crippen LogP contribution in [-0.2, 0) is 13.2 Å². The van der Waals surface area contributed by atoms with Gasteiger partial charge in [-0.3, -0.25) is 0 Å². The zero-order valence-corrected chi connectivity index (χ0v) is 8.54. The molecule has 0 aromatic heterocycles. The van der Waals surface area contributed by atoms with Gasteiger partial charge in [0, 0.05) is 0 Å². The van der Waals surface area contributed by atoms with Gasteiger partial charge in [-0.1, -0.05) is 32.0 Å². The third-order valence-electron chi connectivity index (χ3n) is 1.76. The average Bonchev–Trinajstić information content (AvgIpc) is 2.20. The topological polar surface area (TPSA) is 40.5 Å². The Bertz CT molecular complexity index is 244. The Kier molecular flexibility index (Phi) is 6.20. The Morgan fingerprint density at radius 3 is 2.08 bits per heavy atom. The number of hydrogen-bond donors (Lipinski definition) is 2. The molecule has 0 saturated heterocycles. The van der Waals surface area contributed by atoms with E-state index in [1.165, 1.54) is 0 Å². The molecule has 1 rings (SSSR count). The molecule has 0 heterocycles. The van der Waals surface area contributed by atoms with Crippen LogP contribution in [0.15, 0.2) is 18.2 Å². The monoisotopic (exact) mass is 182 g/mol. The van der Waals surface area contributed by atoms with Crippen molar-refractivity contribution in [3.63, 3.8) is 0 Å². The van der Waals surface area contributed by atoms with Gasteiger partial charge in [-0.05, 0) is 23.6 Å². The minimum absolute atomic E-state index is 0.0621. The largest absolute Gasteiger partial charge is 0.392 e. The molecule has 13 heavy (non-hydrogen) atoms. The highest BCUT2D eigenvalue weighted by atomic mass is 16.3. The Labute approximate surface area is 79.9 Å². The van der Waals surface area contributed by atoms with Crippen LogP contribution < -0.4 is 0 Å². The van der Waals surface area contributed by atoms with Gasteiger partial charge < -0.3 is 10.2 Å². The maximum Gasteiger partial charge on any atom is 0.0684 e. The molecule has 0 aliphatic rings. The minimum Gasteiger partial charge on any atom is -0.392 e. The molecule has 0 spiro atoms. The average molecular weight is 182 g/mol. The number of aliphatic hydroxyl groups is 2. The zero-order chi connectivity index (χ0) is 10.3. The van der Waals surface area contributed by atoms with Crippen molar-refractivity contribution < 1.29 is 10.2 Å². The lowest BCUT2D eigenvalue weighted by Crippen LogP contribution is -1.91. The van der Waals surface area contributed by atoms with Crippen LogP contribution >= 0.6 is 0 Å². The Hall–Kier alpha value is -0.860. The number of rotatable bonds is 2. The van der Waals surface area contributed by atoms with Gasteiger partial charge in [-0.2, -0.15) is 0 Å². The van der Waals surface area contributed by atoms with Gasteiger partial charge in [0.25, 0.3) is 0 Å². The molecule has 0 aliphatic carbocycles. The quantitative estimate of drug-likeness (QED) is 0.734. The number of aliphatic hydroxyl groups excluding tert-OH is 2. The smallest absolute Gasteiger partial charge is 0.0684 e. The fourth-order valence-corrected chi connectivity index (χ4v) is 1.03. The van der Waals surface area contributed by atoms with E-state index < -0.39 is 0 Å². The van der Waals surface area contributed by atoms with Crippen molar-refractivity contribution in [1.29, 1.82) is 0 Å². The van der Waals surface area contributed by atoms with E-state index in [1.807, 2.05) is 39.0 Å². The van der Waals surface area contributed by atoms with Crippen LogP contribution in [0.25, 0.3) is 0 Å². The van der Waals surface area contributed by atoms with Crippen LogP contribution in [0.3, 0.4) is 0 Å². The van der Waals surface area contributed by atoms with Crippen LogP contribution in [-0.4, -0.2) is 10.2 Å². The molecule has 74 valence electrons. The van der Waals surface area contributed by atoms with E-state index >= 15 is 0 Å². The van der Waals surface area contributed by atoms with Gasteiger partial charge in [-0.25, -0.2) is 0 Å². The van der Waals surface area contributed by atoms with Crippen LogP contribution in [0, 0.1) is 6.92 Å². The summed E-state index contributed by atoms with van der Waals surface area (Å²) >= 11 is 0. The first-order valence-electron chi connectivity index (χ1n) is 4.58. The lowest BCUT2D eigenvalue weighted by atomic mass is 10.1. The van der Waals surface area contributed by atoms with E-state index in [0.717, 1.165) is 16.7 Å². The summed E-state index contributed by atoms with van der Waals surface area (Å²) in [5.74, 6) is 0. The summed E-state index contributed by atoms with van der Waals surface area (Å²) in [6.45, 7) is 6.05. The van der Waals surface area contributed by atoms with Gasteiger partial charge in [0.05, 0.1) is 13.2 Å². The summed E-state index contributed by atoms with van der Waals surface area (Å²) in [5.41, 5.74) is 2.83. The van der Waals surface area contributed by atoms with Crippen molar-refractivity contribution in [1.82, 2.24) is 0 Å². The van der Waals surface area contributed by atoms with Crippen LogP contribution in [0.4, 0.5) is 0 Å². The molecule has 0 unspecified atom stereocenters. The first kappa shape index (κ1) is 12.1. The van der Waals surface area contributed by atoms with Crippen molar-refractivity contribution in [2.75, 3.05) is 0 Å². The summed E-state index contributed by atoms with van der Waals surface area (Å²) in [6, 6.07) is 5.53. The van der Waals surface area contributed by atoms with Crippen molar-refractivity contribution in [3.8, 4) is 0 Å². The molecule has 0 aliphatic heterocycles. The van der Waals surface area contributed by atoms with Crippen LogP contribution in [0.5, 0.6) is 0 Å². The molecule has 0 saturated carbocycles. The Balaban J connectivity index is 0.000000671. The molecule has 0 bridgehead atoms. The highest BCUT2D eigenvalue weighted by Crippen LogP contribution is 2.10. The van der Waals surface area contributed by atoms with E-state index in [-0.39, 0.29) is 13.2 Å². The summed E-state index contributed by atoms with van der Waals surface area (Å²) in [4.78, 5) is 0. The Morgan fingerprint density at radius 2 is 1.69 bits per heavy atom. The molecular weight excluding hydrogens is 164 g/mol. The molecule has 2 heteroatoms. The second kappa shape index (κ2) is 6.63. The SMILES string of the molecule is CC.Cc1cc(CO)ccc1CO. The van der Waals surface area contributed by atoms with Crippen molar-refractivity contribution in [2.24, 2.45) is 0 Å². The standard InChI is InChI=1S/C9H12O2.C2H6/c1-7-4-8(5-10)2-3-9(7)6-11;1-2/h2-4,10-11H,5-6H2,1H3;1-2H3. The third-order valence-corrected chi connectivity index (χ3v) is 1.76. The molecule has 0 atom stereocenters. The second-order valence-corrected chi connectivity index (χ2v) is 2.58. The lowest BCUT2D eigenvalue weighted by molar-refractivity contribution is 0.277. The predicted molar refractivity (Wildman–Crippen MR) is 54.4 cm³/mol. The molecule has 1 aromatic rings. The zero-order valence-electron chi connectivity index (χ0n) is 8.54. The predicted octanol–water partition coefficient (Wildman–Crippen LogP) is 2.01. The van der Waals surface area contributed by atoms with Gasteiger partial charge >= 0.3 is 0 Å². The first-order chi connectivity index (χ1) is 6.27. The van der Waals surface area contributed by atoms with E-state index in [2.05, 4.69) is 0 Å². The summed E-state index contributed by atoms with van der Waals surface area (Å²) in [5, 5.41) is 17.6. The molecule has 0 amide bonds. The van der Waals surface area contributed by atoms with Gasteiger partial charge in [0.1, 0.15) is 0 Å². The summed E-state index contributed by atoms with van der Waals surface area (Å²) < 4.78 is 0. The van der Waals surface area contributed by atoms with Crippen molar-refractivity contribution >= 4 is 0 Å². The fraction of sp³-hybridized carbons (Fsp3) is 0.455. The second-order valence-electron chi connectivity index (χ2n) is 2.58. The van der Waals surface area contributed by atoms with E-state index in [9.17, 15) is 0 Å². The van der Waals surface area contributed by atoms with E-state index in [4.69, 9.17) is 10.2 Å². The summed E-state index contributed by atoms with van der Waals surface area (Å²) in [7, 11) is 0. The normalized spacial score (nSPS) is 9.00. The minimum atomic E-state index is 0.0621. The molecule has 2 nitrogen and oxygen atoms in total. The van der Waals surface area contributed by atoms with Crippen LogP contribution in [0.1, 0.15) is 30.5 Å². The number of aryl methyl sites for hydroxylation is 1. The molecular formula is C11H18O2. The fourth-order valence-electron chi connectivity index (χ4n) is 1.03. The van der Waals surface area contributed by atoms with Crippen molar-refractivity contribution in [3.05, 3.63) is 34.9 Å². The molecule has 1 aromatic carbocycles. The Morgan fingerprint density at radius 1 is 1.08 bits per heavy atom. The van der Waals surface area contributed by atoms with Crippen molar-refractivity contribution in [2.45, 2.75) is 34.0 Å². The number of benzene rings is 1. The lowest BCUT2D eigenvalue weighted by Gasteiger charge is -2.03. The van der Waals surface area contributed by atoms with Crippen LogP contribution in [0.2, 0.25) is 0 Å². The van der Waals surface area contributed by atoms with Gasteiger partial charge in [-0.15, -0.1) is 0 Å². The molecule has 2 N–H and O–H groups in total. The third kappa shape index (κ3) is 3.57. The number of hydrogen-bond acceptors (Lipinski definition) is 2. The van der Waals surface area contributed by atoms with Gasteiger partial charge in [0.2, 0.25) is 0 Å². The maximum atomic E-state index is 8.82. The highest BCUT2D eigenvalue weighted by Gasteiger charge is 1.96. The summed E-state index contributed by atoms with van der Waals surface area (Å²) in [6.07, 6.45) is 0. The van der Waals surface area contributed by atoms with E-state index in [1.54, 1.807) is 0 Å². The molecule has 0 fully saturated rings. The molecule has 0 radical (unpaired) electrons. The maximum absolute atomic E-state index is 8.82. The van der Waals surface area contributed by atoms with Gasteiger partial charge in [0.15, 0.2) is 0 Å². The van der Waals surface area contributed by atoms with E-state index in [0.29, 0.717) is 0 Å².